The van der Waals surface area contributed by atoms with Gasteiger partial charge in [-0.05, 0) is 31.5 Å². The van der Waals surface area contributed by atoms with Crippen molar-refractivity contribution < 1.29 is 9.53 Å². The van der Waals surface area contributed by atoms with Crippen molar-refractivity contribution in [3.05, 3.63) is 28.8 Å². The molecule has 18 heavy (non-hydrogen) atoms. The molecule has 1 aromatic rings. The van der Waals surface area contributed by atoms with Gasteiger partial charge in [-0.15, -0.1) is 0 Å². The largest absolute Gasteiger partial charge is 0.496 e. The molecule has 0 spiro atoms. The highest BCUT2D eigenvalue weighted by Gasteiger charge is 2.27. The molecule has 100 valence electrons. The van der Waals surface area contributed by atoms with Gasteiger partial charge in [-0.25, -0.2) is 0 Å². The first-order valence-corrected chi connectivity index (χ1v) is 6.43. The van der Waals surface area contributed by atoms with Crippen molar-refractivity contribution in [1.82, 2.24) is 0 Å². The second kappa shape index (κ2) is 6.21. The van der Waals surface area contributed by atoms with Crippen molar-refractivity contribution in [2.45, 2.75) is 38.6 Å². The highest BCUT2D eigenvalue weighted by Crippen LogP contribution is 2.25. The summed E-state index contributed by atoms with van der Waals surface area (Å²) in [6, 6.07) is 5.25. The van der Waals surface area contributed by atoms with Gasteiger partial charge in [-0.2, -0.15) is 0 Å². The molecular weight excluding hydrogens is 250 g/mol. The normalized spacial score (nSPS) is 14.1. The van der Waals surface area contributed by atoms with Crippen LogP contribution in [-0.2, 0) is 11.2 Å². The Morgan fingerprint density at radius 3 is 2.72 bits per heavy atom. The number of ketones is 1. The van der Waals surface area contributed by atoms with Crippen molar-refractivity contribution in [3.8, 4) is 5.75 Å². The number of benzene rings is 1. The zero-order valence-corrected chi connectivity index (χ0v) is 11.9. The van der Waals surface area contributed by atoms with Crippen LogP contribution in [-0.4, -0.2) is 18.4 Å². The molecule has 0 heterocycles. The Morgan fingerprint density at radius 2 is 2.17 bits per heavy atom. The molecule has 0 aromatic heterocycles. The molecule has 4 heteroatoms. The average molecular weight is 270 g/mol. The Hall–Kier alpha value is -1.06. The second-order valence-corrected chi connectivity index (χ2v) is 5.16. The second-order valence-electron chi connectivity index (χ2n) is 4.72. The summed E-state index contributed by atoms with van der Waals surface area (Å²) in [5.41, 5.74) is 6.02. The Balaban J connectivity index is 2.90. The van der Waals surface area contributed by atoms with Crippen LogP contribution >= 0.6 is 11.6 Å². The van der Waals surface area contributed by atoms with Gasteiger partial charge in [0.1, 0.15) is 5.75 Å². The topological polar surface area (TPSA) is 52.3 Å². The SMILES string of the molecule is CCCC(C)(N)C(=O)Cc1cc(Cl)ccc1OC. The van der Waals surface area contributed by atoms with Crippen LogP contribution in [0.1, 0.15) is 32.3 Å². The van der Waals surface area contributed by atoms with Crippen LogP contribution in [0.2, 0.25) is 5.02 Å². The molecule has 1 rings (SSSR count). The molecular formula is C14H20ClNO2. The maximum Gasteiger partial charge on any atom is 0.156 e. The molecule has 1 aromatic carbocycles. The Morgan fingerprint density at radius 1 is 1.50 bits per heavy atom. The maximum absolute atomic E-state index is 12.2. The molecule has 1 atom stereocenters. The van der Waals surface area contributed by atoms with Gasteiger partial charge >= 0.3 is 0 Å². The van der Waals surface area contributed by atoms with E-state index in [1.165, 1.54) is 0 Å². The first-order valence-electron chi connectivity index (χ1n) is 6.05. The Kier molecular flexibility index (Phi) is 5.17. The van der Waals surface area contributed by atoms with Crippen LogP contribution in [0.15, 0.2) is 18.2 Å². The average Bonchev–Trinajstić information content (AvgIpc) is 2.29. The van der Waals surface area contributed by atoms with Gasteiger partial charge in [0, 0.05) is 17.0 Å². The van der Waals surface area contributed by atoms with Crippen LogP contribution in [0.3, 0.4) is 0 Å². The summed E-state index contributed by atoms with van der Waals surface area (Å²) < 4.78 is 5.22. The molecule has 0 aliphatic carbocycles. The zero-order valence-electron chi connectivity index (χ0n) is 11.1. The van der Waals surface area contributed by atoms with Gasteiger partial charge < -0.3 is 10.5 Å². The number of hydrogen-bond acceptors (Lipinski definition) is 3. The molecule has 0 bridgehead atoms. The molecule has 0 saturated heterocycles. The summed E-state index contributed by atoms with van der Waals surface area (Å²) in [5.74, 6) is 0.671. The summed E-state index contributed by atoms with van der Waals surface area (Å²) in [6.07, 6.45) is 1.80. The molecule has 3 nitrogen and oxygen atoms in total. The zero-order chi connectivity index (χ0) is 13.8. The number of carbonyl (C=O) groups excluding carboxylic acids is 1. The third-order valence-electron chi connectivity index (χ3n) is 3.00. The molecule has 0 fully saturated rings. The lowest BCUT2D eigenvalue weighted by Gasteiger charge is -2.22. The molecule has 0 aliphatic heterocycles. The molecule has 0 amide bonds. The number of Topliss-reactive ketones (excluding diaryl/α,β-unsaturated/α-hetero) is 1. The molecule has 0 saturated carbocycles. The van der Waals surface area contributed by atoms with E-state index in [1.54, 1.807) is 32.2 Å². The minimum absolute atomic E-state index is 0.00455. The molecule has 0 radical (unpaired) electrons. The predicted molar refractivity (Wildman–Crippen MR) is 74.2 cm³/mol. The minimum Gasteiger partial charge on any atom is -0.496 e. The van der Waals surface area contributed by atoms with Crippen LogP contribution in [0.25, 0.3) is 0 Å². The van der Waals surface area contributed by atoms with Crippen molar-refractivity contribution in [2.75, 3.05) is 7.11 Å². The van der Waals surface area contributed by atoms with Crippen LogP contribution < -0.4 is 10.5 Å². The van der Waals surface area contributed by atoms with E-state index in [-0.39, 0.29) is 12.2 Å². The van der Waals surface area contributed by atoms with E-state index >= 15 is 0 Å². The number of methoxy groups -OCH3 is 1. The predicted octanol–water partition coefficient (Wildman–Crippen LogP) is 2.98. The molecule has 1 unspecified atom stereocenters. The summed E-state index contributed by atoms with van der Waals surface area (Å²) >= 11 is 5.93. The fraction of sp³-hybridized carbons (Fsp3) is 0.500. The number of carbonyl (C=O) groups is 1. The van der Waals surface area contributed by atoms with Crippen molar-refractivity contribution >= 4 is 17.4 Å². The third kappa shape index (κ3) is 3.72. The van der Waals surface area contributed by atoms with Crippen LogP contribution in [0.5, 0.6) is 5.75 Å². The summed E-state index contributed by atoms with van der Waals surface area (Å²) in [7, 11) is 1.57. The molecule has 0 aliphatic rings. The van der Waals surface area contributed by atoms with Gasteiger partial charge in [0.25, 0.3) is 0 Å². The number of nitrogens with two attached hydrogens (primary N) is 1. The van der Waals surface area contributed by atoms with E-state index in [2.05, 4.69) is 0 Å². The fourth-order valence-corrected chi connectivity index (χ4v) is 2.11. The standard InChI is InChI=1S/C14H20ClNO2/c1-4-7-14(2,16)13(17)9-10-8-11(15)5-6-12(10)18-3/h5-6,8H,4,7,9,16H2,1-3H3. The number of hydrogen-bond donors (Lipinski definition) is 1. The van der Waals surface area contributed by atoms with Gasteiger partial charge in [-0.1, -0.05) is 24.9 Å². The van der Waals surface area contributed by atoms with Gasteiger partial charge in [0.05, 0.1) is 12.6 Å². The smallest absolute Gasteiger partial charge is 0.156 e. The molecule has 2 N–H and O–H groups in total. The lowest BCUT2D eigenvalue weighted by Crippen LogP contribution is -2.45. The van der Waals surface area contributed by atoms with Gasteiger partial charge in [-0.3, -0.25) is 4.79 Å². The summed E-state index contributed by atoms with van der Waals surface area (Å²) in [5, 5.41) is 0.591. The lowest BCUT2D eigenvalue weighted by molar-refractivity contribution is -0.123. The van der Waals surface area contributed by atoms with E-state index in [0.29, 0.717) is 17.2 Å². The first-order chi connectivity index (χ1) is 8.40. The summed E-state index contributed by atoms with van der Waals surface area (Å²) in [4.78, 5) is 12.2. The van der Waals surface area contributed by atoms with Crippen LogP contribution in [0.4, 0.5) is 0 Å². The highest BCUT2D eigenvalue weighted by molar-refractivity contribution is 6.30. The minimum atomic E-state index is -0.790. The van der Waals surface area contributed by atoms with E-state index < -0.39 is 5.54 Å². The van der Waals surface area contributed by atoms with E-state index in [4.69, 9.17) is 22.1 Å². The van der Waals surface area contributed by atoms with Crippen molar-refractivity contribution in [2.24, 2.45) is 5.73 Å². The third-order valence-corrected chi connectivity index (χ3v) is 3.23. The Labute approximate surface area is 113 Å². The van der Waals surface area contributed by atoms with E-state index in [9.17, 15) is 4.79 Å². The van der Waals surface area contributed by atoms with Crippen LogP contribution in [0, 0.1) is 0 Å². The number of rotatable bonds is 6. The van der Waals surface area contributed by atoms with Crippen molar-refractivity contribution in [1.29, 1.82) is 0 Å². The highest BCUT2D eigenvalue weighted by atomic mass is 35.5. The first kappa shape index (κ1) is 15.0. The number of halogens is 1. The lowest BCUT2D eigenvalue weighted by atomic mass is 9.88. The summed E-state index contributed by atoms with van der Waals surface area (Å²) in [6.45, 7) is 3.79. The number of ether oxygens (including phenoxy) is 1. The van der Waals surface area contributed by atoms with Gasteiger partial charge in [0.2, 0.25) is 0 Å². The monoisotopic (exact) mass is 269 g/mol. The van der Waals surface area contributed by atoms with E-state index in [0.717, 1.165) is 12.0 Å². The quantitative estimate of drug-likeness (QED) is 0.864. The maximum atomic E-state index is 12.2. The van der Waals surface area contributed by atoms with Crippen molar-refractivity contribution in [3.63, 3.8) is 0 Å². The Bertz CT molecular complexity index is 430. The van der Waals surface area contributed by atoms with E-state index in [1.807, 2.05) is 6.92 Å². The fourth-order valence-electron chi connectivity index (χ4n) is 1.92. The van der Waals surface area contributed by atoms with Gasteiger partial charge in [0.15, 0.2) is 5.78 Å².